The minimum atomic E-state index is -4.59. The molecule has 0 atom stereocenters. The van der Waals surface area contributed by atoms with E-state index in [0.29, 0.717) is 18.6 Å². The number of halogens is 5. The van der Waals surface area contributed by atoms with Gasteiger partial charge in [-0.3, -0.25) is 0 Å². The fourth-order valence-corrected chi connectivity index (χ4v) is 1.62. The van der Waals surface area contributed by atoms with Crippen LogP contribution in [0.1, 0.15) is 18.1 Å². The Kier molecular flexibility index (Phi) is 7.98. The first-order chi connectivity index (χ1) is 9.25. The van der Waals surface area contributed by atoms with E-state index in [-0.39, 0.29) is 36.1 Å². The van der Waals surface area contributed by atoms with Gasteiger partial charge in [-0.05, 0) is 24.6 Å². The van der Waals surface area contributed by atoms with E-state index in [1.165, 1.54) is 0 Å². The lowest BCUT2D eigenvalue weighted by Gasteiger charge is -2.17. The second-order valence-electron chi connectivity index (χ2n) is 4.36. The summed E-state index contributed by atoms with van der Waals surface area (Å²) in [5.74, 6) is -0.436. The van der Waals surface area contributed by atoms with Gasteiger partial charge in [-0.1, -0.05) is 6.07 Å². The summed E-state index contributed by atoms with van der Waals surface area (Å²) in [4.78, 5) is 5.76. The Bertz CT molecular complexity index is 487. The second kappa shape index (κ2) is 8.40. The summed E-state index contributed by atoms with van der Waals surface area (Å²) in [6, 6.07) is 2.61. The van der Waals surface area contributed by atoms with E-state index in [0.717, 1.165) is 12.1 Å². The number of alkyl halides is 3. The van der Waals surface area contributed by atoms with Gasteiger partial charge in [0.15, 0.2) is 5.96 Å². The van der Waals surface area contributed by atoms with Gasteiger partial charge in [0.1, 0.15) is 5.82 Å². The molecule has 21 heavy (non-hydrogen) atoms. The van der Waals surface area contributed by atoms with Crippen molar-refractivity contribution in [2.45, 2.75) is 19.6 Å². The molecule has 8 heteroatoms. The Morgan fingerprint density at radius 2 is 1.90 bits per heavy atom. The highest BCUT2D eigenvalue weighted by Crippen LogP contribution is 2.32. The lowest BCUT2D eigenvalue weighted by atomic mass is 10.1. The van der Waals surface area contributed by atoms with Crippen molar-refractivity contribution in [2.24, 2.45) is 4.99 Å². The first-order valence-electron chi connectivity index (χ1n) is 6.07. The third-order valence-corrected chi connectivity index (χ3v) is 2.53. The predicted octanol–water partition coefficient (Wildman–Crippen LogP) is 3.49. The van der Waals surface area contributed by atoms with E-state index < -0.39 is 17.6 Å². The molecule has 0 amide bonds. The lowest BCUT2D eigenvalue weighted by molar-refractivity contribution is -0.138. The topological polar surface area (TPSA) is 27.6 Å². The molecule has 0 spiro atoms. The largest absolute Gasteiger partial charge is 0.416 e. The Morgan fingerprint density at radius 3 is 2.38 bits per heavy atom. The summed E-state index contributed by atoms with van der Waals surface area (Å²) in [6.45, 7) is 2.29. The molecule has 0 bridgehead atoms. The van der Waals surface area contributed by atoms with Gasteiger partial charge in [0.2, 0.25) is 0 Å². The summed E-state index contributed by atoms with van der Waals surface area (Å²) < 4.78 is 51.4. The number of hydrogen-bond acceptors (Lipinski definition) is 1. The molecule has 0 radical (unpaired) electrons. The van der Waals surface area contributed by atoms with Crippen LogP contribution in [0.4, 0.5) is 17.6 Å². The van der Waals surface area contributed by atoms with Gasteiger partial charge in [-0.2, -0.15) is 13.2 Å². The summed E-state index contributed by atoms with van der Waals surface area (Å²) in [7, 11) is 3.47. The molecular formula is C13H18F4IN3. The summed E-state index contributed by atoms with van der Waals surface area (Å²) in [5.41, 5.74) is -1.05. The van der Waals surface area contributed by atoms with Crippen LogP contribution in [0.25, 0.3) is 0 Å². The predicted molar refractivity (Wildman–Crippen MR) is 85.3 cm³/mol. The van der Waals surface area contributed by atoms with Crippen molar-refractivity contribution in [3.05, 3.63) is 35.1 Å². The van der Waals surface area contributed by atoms with E-state index in [2.05, 4.69) is 10.3 Å². The quantitative estimate of drug-likeness (QED) is 0.352. The van der Waals surface area contributed by atoms with Crippen LogP contribution >= 0.6 is 24.0 Å². The zero-order chi connectivity index (χ0) is 15.3. The number of aliphatic imine (C=N–C) groups is 1. The summed E-state index contributed by atoms with van der Waals surface area (Å²) in [6.07, 6.45) is -4.59. The van der Waals surface area contributed by atoms with Gasteiger partial charge in [-0.15, -0.1) is 24.0 Å². The standard InChI is InChI=1S/C13H17F4N3.HI/c1-4-18-12(20(2)3)19-8-9-5-6-10(14)7-11(9)13(15,16)17;/h5-7H,4,8H2,1-3H3,(H,18,19);1H. The molecule has 0 fully saturated rings. The Hall–Kier alpha value is -1.06. The smallest absolute Gasteiger partial charge is 0.357 e. The molecule has 0 saturated heterocycles. The van der Waals surface area contributed by atoms with Crippen molar-refractivity contribution in [2.75, 3.05) is 20.6 Å². The van der Waals surface area contributed by atoms with Crippen LogP contribution in [0.5, 0.6) is 0 Å². The zero-order valence-corrected chi connectivity index (χ0v) is 14.3. The second-order valence-corrected chi connectivity index (χ2v) is 4.36. The van der Waals surface area contributed by atoms with Gasteiger partial charge < -0.3 is 10.2 Å². The SMILES string of the molecule is CCNC(=NCc1ccc(F)cc1C(F)(F)F)N(C)C.I. The van der Waals surface area contributed by atoms with Gasteiger partial charge in [0.25, 0.3) is 0 Å². The minimum absolute atomic E-state index is 0. The number of benzene rings is 1. The highest BCUT2D eigenvalue weighted by molar-refractivity contribution is 14.0. The Balaban J connectivity index is 0.00000400. The molecule has 1 aromatic carbocycles. The molecule has 0 heterocycles. The molecule has 120 valence electrons. The summed E-state index contributed by atoms with van der Waals surface area (Å²) in [5, 5.41) is 2.94. The van der Waals surface area contributed by atoms with E-state index in [9.17, 15) is 17.6 Å². The molecule has 1 rings (SSSR count). The van der Waals surface area contributed by atoms with Gasteiger partial charge in [-0.25, -0.2) is 9.38 Å². The number of guanidine groups is 1. The molecule has 0 unspecified atom stereocenters. The minimum Gasteiger partial charge on any atom is -0.357 e. The maximum Gasteiger partial charge on any atom is 0.416 e. The fraction of sp³-hybridized carbons (Fsp3) is 0.462. The number of rotatable bonds is 3. The molecule has 0 aliphatic carbocycles. The molecule has 0 aliphatic heterocycles. The van der Waals surface area contributed by atoms with Crippen molar-refractivity contribution in [3.8, 4) is 0 Å². The maximum atomic E-state index is 13.0. The van der Waals surface area contributed by atoms with E-state index in [1.54, 1.807) is 19.0 Å². The first kappa shape index (κ1) is 19.9. The molecular weight excluding hydrogens is 401 g/mol. The number of hydrogen-bond donors (Lipinski definition) is 1. The van der Waals surface area contributed by atoms with Crippen LogP contribution < -0.4 is 5.32 Å². The Labute approximate surface area is 138 Å². The third kappa shape index (κ3) is 6.06. The van der Waals surface area contributed by atoms with Crippen LogP contribution in [0.3, 0.4) is 0 Å². The fourth-order valence-electron chi connectivity index (χ4n) is 1.62. The molecule has 0 saturated carbocycles. The van der Waals surface area contributed by atoms with Crippen molar-refractivity contribution in [3.63, 3.8) is 0 Å². The average Bonchev–Trinajstić information content (AvgIpc) is 2.34. The normalized spacial score (nSPS) is 11.9. The summed E-state index contributed by atoms with van der Waals surface area (Å²) >= 11 is 0. The molecule has 1 N–H and O–H groups in total. The first-order valence-corrected chi connectivity index (χ1v) is 6.07. The third-order valence-electron chi connectivity index (χ3n) is 2.53. The van der Waals surface area contributed by atoms with E-state index in [4.69, 9.17) is 0 Å². The van der Waals surface area contributed by atoms with Crippen molar-refractivity contribution < 1.29 is 17.6 Å². The Morgan fingerprint density at radius 1 is 1.29 bits per heavy atom. The van der Waals surface area contributed by atoms with Crippen molar-refractivity contribution in [1.29, 1.82) is 0 Å². The van der Waals surface area contributed by atoms with Gasteiger partial charge in [0.05, 0.1) is 12.1 Å². The molecule has 1 aromatic rings. The van der Waals surface area contributed by atoms with Crippen LogP contribution in [0.2, 0.25) is 0 Å². The zero-order valence-electron chi connectivity index (χ0n) is 12.0. The molecule has 0 aromatic heterocycles. The van der Waals surface area contributed by atoms with E-state index in [1.807, 2.05) is 6.92 Å². The number of nitrogens with one attached hydrogen (secondary N) is 1. The maximum absolute atomic E-state index is 13.0. The van der Waals surface area contributed by atoms with Crippen molar-refractivity contribution >= 4 is 29.9 Å². The lowest BCUT2D eigenvalue weighted by Crippen LogP contribution is -2.36. The highest BCUT2D eigenvalue weighted by atomic mass is 127. The molecule has 0 aliphatic rings. The average molecular weight is 419 g/mol. The van der Waals surface area contributed by atoms with Crippen molar-refractivity contribution in [1.82, 2.24) is 10.2 Å². The molecule has 3 nitrogen and oxygen atoms in total. The van der Waals surface area contributed by atoms with Gasteiger partial charge in [0, 0.05) is 20.6 Å². The van der Waals surface area contributed by atoms with E-state index >= 15 is 0 Å². The number of nitrogens with zero attached hydrogens (tertiary/aromatic N) is 2. The highest BCUT2D eigenvalue weighted by Gasteiger charge is 2.33. The van der Waals surface area contributed by atoms with Gasteiger partial charge >= 0.3 is 6.18 Å². The van der Waals surface area contributed by atoms with Crippen LogP contribution in [0, 0.1) is 5.82 Å². The van der Waals surface area contributed by atoms with Crippen LogP contribution in [-0.4, -0.2) is 31.5 Å². The monoisotopic (exact) mass is 419 g/mol. The van der Waals surface area contributed by atoms with Crippen LogP contribution in [0.15, 0.2) is 23.2 Å². The van der Waals surface area contributed by atoms with Crippen LogP contribution in [-0.2, 0) is 12.7 Å².